The van der Waals surface area contributed by atoms with Gasteiger partial charge in [0.25, 0.3) is 15.9 Å². The standard InChI is InChI=1S/C24H18N6O3S/c1-2-22-27-28-23-24(26-20-8-3-4-9-21(20)30(22)23)33-18-12-10-17(11-13-18)29-34(31,32)19-7-5-6-16(14-19)15-25/h3-14,29H,2H2,1H3. The van der Waals surface area contributed by atoms with Crippen LogP contribution in [0.3, 0.4) is 0 Å². The summed E-state index contributed by atoms with van der Waals surface area (Å²) in [6.45, 7) is 2.00. The Morgan fingerprint density at radius 2 is 1.82 bits per heavy atom. The number of aromatic nitrogens is 4. The summed E-state index contributed by atoms with van der Waals surface area (Å²) in [5.41, 5.74) is 2.74. The van der Waals surface area contributed by atoms with Gasteiger partial charge in [-0.1, -0.05) is 25.1 Å². The Bertz CT molecular complexity index is 1670. The second-order valence-electron chi connectivity index (χ2n) is 7.41. The van der Waals surface area contributed by atoms with Gasteiger partial charge in [0.15, 0.2) is 0 Å². The van der Waals surface area contributed by atoms with Crippen LogP contribution in [0, 0.1) is 11.3 Å². The number of para-hydroxylation sites is 2. The molecule has 0 saturated carbocycles. The Kier molecular flexibility index (Phi) is 5.31. The number of ether oxygens (including phenoxy) is 1. The summed E-state index contributed by atoms with van der Waals surface area (Å²) in [6.07, 6.45) is 0.695. The number of hydrogen-bond donors (Lipinski definition) is 1. The molecule has 0 aliphatic rings. The van der Waals surface area contributed by atoms with Crippen LogP contribution in [0.4, 0.5) is 5.69 Å². The molecule has 0 spiro atoms. The first-order chi connectivity index (χ1) is 16.5. The fourth-order valence-corrected chi connectivity index (χ4v) is 4.67. The lowest BCUT2D eigenvalue weighted by molar-refractivity contribution is 0.467. The summed E-state index contributed by atoms with van der Waals surface area (Å²) in [6, 6.07) is 21.9. The maximum atomic E-state index is 12.7. The maximum Gasteiger partial charge on any atom is 0.266 e. The Hall–Kier alpha value is -4.49. The first kappa shape index (κ1) is 21.4. The fourth-order valence-electron chi connectivity index (χ4n) is 3.56. The van der Waals surface area contributed by atoms with E-state index in [2.05, 4.69) is 19.9 Å². The van der Waals surface area contributed by atoms with E-state index in [9.17, 15) is 8.42 Å². The molecule has 5 aromatic rings. The SMILES string of the molecule is CCc1nnc2c(Oc3ccc(NS(=O)(=O)c4cccc(C#N)c4)cc3)nc3ccccc3n12. The molecule has 0 radical (unpaired) electrons. The number of sulfonamides is 1. The molecule has 5 rings (SSSR count). The number of aryl methyl sites for hydroxylation is 1. The lowest BCUT2D eigenvalue weighted by Gasteiger charge is -2.11. The van der Waals surface area contributed by atoms with Crippen molar-refractivity contribution in [3.63, 3.8) is 0 Å². The smallest absolute Gasteiger partial charge is 0.266 e. The Balaban J connectivity index is 1.43. The van der Waals surface area contributed by atoms with E-state index in [-0.39, 0.29) is 10.5 Å². The van der Waals surface area contributed by atoms with Gasteiger partial charge >= 0.3 is 0 Å². The van der Waals surface area contributed by atoms with E-state index in [1.807, 2.05) is 41.7 Å². The molecular weight excluding hydrogens is 452 g/mol. The number of benzene rings is 3. The minimum Gasteiger partial charge on any atom is -0.436 e. The van der Waals surface area contributed by atoms with Gasteiger partial charge in [-0.15, -0.1) is 10.2 Å². The third kappa shape index (κ3) is 3.89. The summed E-state index contributed by atoms with van der Waals surface area (Å²) in [5, 5.41) is 17.5. The van der Waals surface area contributed by atoms with E-state index < -0.39 is 10.0 Å². The zero-order valence-corrected chi connectivity index (χ0v) is 18.8. The third-order valence-electron chi connectivity index (χ3n) is 5.18. The van der Waals surface area contributed by atoms with Crippen molar-refractivity contribution in [1.29, 1.82) is 5.26 Å². The highest BCUT2D eigenvalue weighted by Gasteiger charge is 2.17. The molecular formula is C24H18N6O3S. The Morgan fingerprint density at radius 3 is 2.59 bits per heavy atom. The van der Waals surface area contributed by atoms with Crippen LogP contribution in [0.2, 0.25) is 0 Å². The number of nitriles is 1. The molecule has 2 aromatic heterocycles. The number of fused-ring (bicyclic) bond motifs is 3. The molecule has 0 unspecified atom stereocenters. The number of nitrogens with zero attached hydrogens (tertiary/aromatic N) is 5. The van der Waals surface area contributed by atoms with Crippen LogP contribution in [0.5, 0.6) is 11.6 Å². The van der Waals surface area contributed by atoms with Crippen molar-refractivity contribution in [2.24, 2.45) is 0 Å². The van der Waals surface area contributed by atoms with Gasteiger partial charge < -0.3 is 4.74 Å². The monoisotopic (exact) mass is 470 g/mol. The molecule has 0 amide bonds. The van der Waals surface area contributed by atoms with Gasteiger partial charge in [-0.25, -0.2) is 13.4 Å². The molecule has 0 fully saturated rings. The van der Waals surface area contributed by atoms with Crippen molar-refractivity contribution in [3.8, 4) is 17.7 Å². The topological polar surface area (TPSA) is 122 Å². The average Bonchev–Trinajstić information content (AvgIpc) is 3.30. The van der Waals surface area contributed by atoms with Crippen LogP contribution in [0.15, 0.2) is 77.7 Å². The molecule has 2 heterocycles. The van der Waals surface area contributed by atoms with Gasteiger partial charge in [0.1, 0.15) is 11.6 Å². The van der Waals surface area contributed by atoms with Crippen LogP contribution in [0.25, 0.3) is 16.7 Å². The first-order valence-corrected chi connectivity index (χ1v) is 11.9. The van der Waals surface area contributed by atoms with E-state index in [0.717, 1.165) is 16.9 Å². The number of rotatable bonds is 6. The second kappa shape index (κ2) is 8.46. The maximum absolute atomic E-state index is 12.7. The van der Waals surface area contributed by atoms with Crippen LogP contribution < -0.4 is 9.46 Å². The minimum atomic E-state index is -3.85. The van der Waals surface area contributed by atoms with Gasteiger partial charge in [-0.2, -0.15) is 5.26 Å². The summed E-state index contributed by atoms with van der Waals surface area (Å²) in [5.74, 6) is 1.55. The predicted octanol–water partition coefficient (Wildman–Crippen LogP) is 4.30. The molecule has 3 aromatic carbocycles. The minimum absolute atomic E-state index is 0.00756. The van der Waals surface area contributed by atoms with Crippen LogP contribution in [-0.4, -0.2) is 28.0 Å². The van der Waals surface area contributed by atoms with E-state index in [1.165, 1.54) is 18.2 Å². The predicted molar refractivity (Wildman–Crippen MR) is 126 cm³/mol. The Morgan fingerprint density at radius 1 is 1.03 bits per heavy atom. The van der Waals surface area contributed by atoms with Crippen LogP contribution in [0.1, 0.15) is 18.3 Å². The van der Waals surface area contributed by atoms with Crippen molar-refractivity contribution in [2.45, 2.75) is 18.2 Å². The summed E-state index contributed by atoms with van der Waals surface area (Å²) < 4.78 is 35.8. The second-order valence-corrected chi connectivity index (χ2v) is 9.09. The summed E-state index contributed by atoms with van der Waals surface area (Å²) in [7, 11) is -3.85. The molecule has 0 aliphatic carbocycles. The van der Waals surface area contributed by atoms with Crippen molar-refractivity contribution >= 4 is 32.4 Å². The van der Waals surface area contributed by atoms with Gasteiger partial charge in [0.2, 0.25) is 5.65 Å². The zero-order chi connectivity index (χ0) is 23.7. The van der Waals surface area contributed by atoms with Gasteiger partial charge in [0, 0.05) is 12.1 Å². The molecule has 1 N–H and O–H groups in total. The van der Waals surface area contributed by atoms with E-state index in [4.69, 9.17) is 10.00 Å². The zero-order valence-electron chi connectivity index (χ0n) is 18.0. The number of nitrogens with one attached hydrogen (secondary N) is 1. The van der Waals surface area contributed by atoms with Gasteiger partial charge in [-0.05, 0) is 54.6 Å². The van der Waals surface area contributed by atoms with Crippen molar-refractivity contribution in [2.75, 3.05) is 4.72 Å². The lowest BCUT2D eigenvalue weighted by Crippen LogP contribution is -2.13. The highest BCUT2D eigenvalue weighted by molar-refractivity contribution is 7.92. The number of hydrogen-bond acceptors (Lipinski definition) is 7. The molecule has 0 bridgehead atoms. The van der Waals surface area contributed by atoms with Crippen LogP contribution in [-0.2, 0) is 16.4 Å². The van der Waals surface area contributed by atoms with E-state index in [1.54, 1.807) is 30.3 Å². The van der Waals surface area contributed by atoms with Crippen molar-refractivity contribution < 1.29 is 13.2 Å². The molecule has 0 saturated heterocycles. The molecule has 10 heteroatoms. The molecule has 9 nitrogen and oxygen atoms in total. The molecule has 0 atom stereocenters. The molecule has 168 valence electrons. The van der Waals surface area contributed by atoms with E-state index >= 15 is 0 Å². The Labute approximate surface area is 195 Å². The molecule has 34 heavy (non-hydrogen) atoms. The van der Waals surface area contributed by atoms with Crippen molar-refractivity contribution in [3.05, 3.63) is 84.2 Å². The summed E-state index contributed by atoms with van der Waals surface area (Å²) >= 11 is 0. The highest BCUT2D eigenvalue weighted by atomic mass is 32.2. The fraction of sp³-hybridized carbons (Fsp3) is 0.0833. The quantitative estimate of drug-likeness (QED) is 0.392. The highest BCUT2D eigenvalue weighted by Crippen LogP contribution is 2.29. The third-order valence-corrected chi connectivity index (χ3v) is 6.56. The van der Waals surface area contributed by atoms with Crippen LogP contribution >= 0.6 is 0 Å². The average molecular weight is 471 g/mol. The van der Waals surface area contributed by atoms with Gasteiger partial charge in [-0.3, -0.25) is 9.12 Å². The van der Waals surface area contributed by atoms with Gasteiger partial charge in [0.05, 0.1) is 27.6 Å². The molecule has 0 aliphatic heterocycles. The van der Waals surface area contributed by atoms with E-state index in [0.29, 0.717) is 29.4 Å². The summed E-state index contributed by atoms with van der Waals surface area (Å²) in [4.78, 5) is 4.61. The first-order valence-electron chi connectivity index (χ1n) is 10.4. The number of anilines is 1. The largest absolute Gasteiger partial charge is 0.436 e. The lowest BCUT2D eigenvalue weighted by atomic mass is 10.2. The normalized spacial score (nSPS) is 11.4. The van der Waals surface area contributed by atoms with Crippen molar-refractivity contribution in [1.82, 2.24) is 19.6 Å².